The smallest absolute Gasteiger partial charge is 0.462 e. The van der Waals surface area contributed by atoms with Crippen molar-refractivity contribution in [3.8, 4) is 0 Å². The molecule has 51 heavy (non-hydrogen) atoms. The monoisotopic (exact) mass is 747 g/mol. The molecule has 0 heterocycles. The molecule has 300 valence electrons. The number of ether oxygens (including phenoxy) is 2. The number of carbonyl (C=O) groups excluding carboxylic acids is 2. The van der Waals surface area contributed by atoms with Crippen LogP contribution in [0.2, 0.25) is 0 Å². The molecule has 0 saturated carbocycles. The Morgan fingerprint density at radius 1 is 0.569 bits per heavy atom. The molecule has 0 rings (SSSR count). The van der Waals surface area contributed by atoms with Crippen LogP contribution in [0.5, 0.6) is 0 Å². The van der Waals surface area contributed by atoms with Gasteiger partial charge in [-0.3, -0.25) is 18.6 Å². The van der Waals surface area contributed by atoms with Crippen molar-refractivity contribution in [1.82, 2.24) is 0 Å². The molecule has 0 aromatic heterocycles. The number of hydrogen-bond acceptors (Lipinski definition) is 9. The average Bonchev–Trinajstić information content (AvgIpc) is 3.12. The molecule has 3 N–H and O–H groups in total. The first-order chi connectivity index (χ1) is 24.7. The summed E-state index contributed by atoms with van der Waals surface area (Å²) >= 11 is 0. The van der Waals surface area contributed by atoms with Gasteiger partial charge in [-0.1, -0.05) is 128 Å². The number of carbonyl (C=O) groups is 2. The van der Waals surface area contributed by atoms with Crippen molar-refractivity contribution in [3.63, 3.8) is 0 Å². The SMILES string of the molecule is CCCCCC/C=C\CCCCCCCC(=O)O[C@H](COC(=O)CCCCCCC/C=C/CCCCCCCC)COP(=O)(O)OC[C@H](O)CO. The van der Waals surface area contributed by atoms with E-state index in [1.807, 2.05) is 0 Å². The van der Waals surface area contributed by atoms with Crippen LogP contribution in [0.3, 0.4) is 0 Å². The predicted octanol–water partition coefficient (Wildman–Crippen LogP) is 10.2. The number of unbranched alkanes of at least 4 members (excludes halogenated alkanes) is 20. The van der Waals surface area contributed by atoms with E-state index >= 15 is 0 Å². The van der Waals surface area contributed by atoms with Crippen LogP contribution in [0.1, 0.15) is 181 Å². The number of phosphoric acid groups is 1. The van der Waals surface area contributed by atoms with Crippen LogP contribution in [0.15, 0.2) is 24.3 Å². The first-order valence-corrected chi connectivity index (χ1v) is 21.8. The molecule has 0 bridgehead atoms. The second-order valence-electron chi connectivity index (χ2n) is 13.7. The lowest BCUT2D eigenvalue weighted by molar-refractivity contribution is -0.161. The maximum absolute atomic E-state index is 12.6. The van der Waals surface area contributed by atoms with E-state index in [0.717, 1.165) is 70.6 Å². The maximum Gasteiger partial charge on any atom is 0.472 e. The van der Waals surface area contributed by atoms with Crippen molar-refractivity contribution < 1.29 is 47.8 Å². The molecule has 10 nitrogen and oxygen atoms in total. The second-order valence-corrected chi connectivity index (χ2v) is 15.1. The number of aliphatic hydroxyl groups excluding tert-OH is 2. The van der Waals surface area contributed by atoms with Gasteiger partial charge in [0.05, 0.1) is 19.8 Å². The third-order valence-corrected chi connectivity index (χ3v) is 9.53. The Labute approximate surface area is 310 Å². The van der Waals surface area contributed by atoms with Gasteiger partial charge in [-0.05, 0) is 64.2 Å². The van der Waals surface area contributed by atoms with E-state index in [2.05, 4.69) is 42.7 Å². The number of esters is 2. The van der Waals surface area contributed by atoms with E-state index in [9.17, 15) is 24.2 Å². The minimum atomic E-state index is -4.61. The summed E-state index contributed by atoms with van der Waals surface area (Å²) in [7, 11) is -4.61. The normalized spacial score (nSPS) is 14.2. The van der Waals surface area contributed by atoms with Gasteiger partial charge in [-0.2, -0.15) is 0 Å². The van der Waals surface area contributed by atoms with Crippen molar-refractivity contribution in [1.29, 1.82) is 0 Å². The summed E-state index contributed by atoms with van der Waals surface area (Å²) in [6, 6.07) is 0. The predicted molar refractivity (Wildman–Crippen MR) is 205 cm³/mol. The van der Waals surface area contributed by atoms with E-state index < -0.39 is 51.8 Å². The van der Waals surface area contributed by atoms with Crippen LogP contribution in [0.25, 0.3) is 0 Å². The summed E-state index contributed by atoms with van der Waals surface area (Å²) in [4.78, 5) is 34.9. The van der Waals surface area contributed by atoms with Crippen molar-refractivity contribution in [2.45, 2.75) is 193 Å². The van der Waals surface area contributed by atoms with Gasteiger partial charge in [0.1, 0.15) is 12.7 Å². The topological polar surface area (TPSA) is 149 Å². The van der Waals surface area contributed by atoms with Gasteiger partial charge in [-0.25, -0.2) is 4.57 Å². The zero-order valence-electron chi connectivity index (χ0n) is 32.3. The summed E-state index contributed by atoms with van der Waals surface area (Å²) in [6.45, 7) is 2.34. The molecule has 0 aliphatic carbocycles. The molecule has 0 spiro atoms. The van der Waals surface area contributed by atoms with Crippen LogP contribution in [-0.2, 0) is 32.7 Å². The largest absolute Gasteiger partial charge is 0.472 e. The number of rotatable bonds is 38. The standard InChI is InChI=1S/C40H75O10P/c1-3-5-7-9-11-13-15-17-18-20-21-23-25-27-29-31-39(43)47-35-38(36-49-51(45,46)48-34-37(42)33-41)50-40(44)32-30-28-26-24-22-19-16-14-12-10-8-6-4-2/h14,16-18,37-38,41-42H,3-13,15,19-36H2,1-2H3,(H,45,46)/b16-14-,18-17+/t37-,38-/m1/s1. The molecule has 0 radical (unpaired) electrons. The molecular formula is C40H75O10P. The van der Waals surface area contributed by atoms with Crippen LogP contribution < -0.4 is 0 Å². The molecule has 0 aliphatic rings. The van der Waals surface area contributed by atoms with Crippen molar-refractivity contribution >= 4 is 19.8 Å². The lowest BCUT2D eigenvalue weighted by Crippen LogP contribution is -2.29. The van der Waals surface area contributed by atoms with Gasteiger partial charge >= 0.3 is 19.8 Å². The van der Waals surface area contributed by atoms with Crippen LogP contribution in [-0.4, -0.2) is 65.7 Å². The maximum atomic E-state index is 12.6. The molecule has 0 saturated heterocycles. The molecule has 11 heteroatoms. The Morgan fingerprint density at radius 3 is 1.43 bits per heavy atom. The van der Waals surface area contributed by atoms with E-state index in [4.69, 9.17) is 19.1 Å². The highest BCUT2D eigenvalue weighted by molar-refractivity contribution is 7.47. The summed E-state index contributed by atoms with van der Waals surface area (Å²) in [5.41, 5.74) is 0. The first kappa shape index (κ1) is 49.5. The highest BCUT2D eigenvalue weighted by atomic mass is 31.2. The molecular weight excluding hydrogens is 671 g/mol. The number of allylic oxidation sites excluding steroid dienone is 4. The third-order valence-electron chi connectivity index (χ3n) is 8.58. The Balaban J connectivity index is 4.35. The van der Waals surface area contributed by atoms with Crippen LogP contribution in [0, 0.1) is 0 Å². The first-order valence-electron chi connectivity index (χ1n) is 20.3. The van der Waals surface area contributed by atoms with Gasteiger partial charge in [-0.15, -0.1) is 0 Å². The van der Waals surface area contributed by atoms with Crippen molar-refractivity contribution in [3.05, 3.63) is 24.3 Å². The summed E-state index contributed by atoms with van der Waals surface area (Å²) in [5, 5.41) is 18.3. The molecule has 3 atom stereocenters. The molecule has 0 aromatic carbocycles. The van der Waals surface area contributed by atoms with E-state index in [1.165, 1.54) is 70.6 Å². The Hall–Kier alpha value is -1.55. The fraction of sp³-hybridized carbons (Fsp3) is 0.850. The zero-order chi connectivity index (χ0) is 37.7. The second kappa shape index (κ2) is 36.8. The summed E-state index contributed by atoms with van der Waals surface area (Å²) in [6.07, 6.45) is 34.3. The Kier molecular flexibility index (Phi) is 35.7. The van der Waals surface area contributed by atoms with E-state index in [-0.39, 0.29) is 19.4 Å². The fourth-order valence-electron chi connectivity index (χ4n) is 5.39. The summed E-state index contributed by atoms with van der Waals surface area (Å²) < 4.78 is 32.6. The van der Waals surface area contributed by atoms with Crippen LogP contribution >= 0.6 is 7.82 Å². The number of phosphoric ester groups is 1. The molecule has 0 amide bonds. The highest BCUT2D eigenvalue weighted by Crippen LogP contribution is 2.43. The molecule has 1 unspecified atom stereocenters. The zero-order valence-corrected chi connectivity index (χ0v) is 33.2. The Morgan fingerprint density at radius 2 is 0.961 bits per heavy atom. The quantitative estimate of drug-likeness (QED) is 0.0241. The van der Waals surface area contributed by atoms with Crippen LogP contribution in [0.4, 0.5) is 0 Å². The van der Waals surface area contributed by atoms with Crippen molar-refractivity contribution in [2.75, 3.05) is 26.4 Å². The molecule has 0 aromatic rings. The van der Waals surface area contributed by atoms with E-state index in [1.54, 1.807) is 0 Å². The number of hydrogen-bond donors (Lipinski definition) is 3. The van der Waals surface area contributed by atoms with Gasteiger partial charge in [0.15, 0.2) is 6.10 Å². The molecule has 0 aliphatic heterocycles. The lowest BCUT2D eigenvalue weighted by Gasteiger charge is -2.20. The fourth-order valence-corrected chi connectivity index (χ4v) is 6.18. The Bertz CT molecular complexity index is 910. The third kappa shape index (κ3) is 36.6. The number of aliphatic hydroxyl groups is 2. The van der Waals surface area contributed by atoms with Gasteiger partial charge in [0.25, 0.3) is 0 Å². The lowest BCUT2D eigenvalue weighted by atomic mass is 10.1. The minimum Gasteiger partial charge on any atom is -0.462 e. The molecule has 0 fully saturated rings. The van der Waals surface area contributed by atoms with Gasteiger partial charge in [0, 0.05) is 12.8 Å². The highest BCUT2D eigenvalue weighted by Gasteiger charge is 2.27. The average molecular weight is 747 g/mol. The minimum absolute atomic E-state index is 0.174. The van der Waals surface area contributed by atoms with E-state index in [0.29, 0.717) is 12.8 Å². The van der Waals surface area contributed by atoms with Gasteiger partial charge in [0.2, 0.25) is 0 Å². The van der Waals surface area contributed by atoms with Gasteiger partial charge < -0.3 is 24.6 Å². The van der Waals surface area contributed by atoms with Crippen molar-refractivity contribution in [2.24, 2.45) is 0 Å². The summed E-state index contributed by atoms with van der Waals surface area (Å²) in [5.74, 6) is -0.943.